The zero-order valence-electron chi connectivity index (χ0n) is 21.6. The molecule has 1 heterocycles. The summed E-state index contributed by atoms with van der Waals surface area (Å²) in [4.78, 5) is 28.2. The monoisotopic (exact) mass is 460 g/mol. The van der Waals surface area contributed by atoms with Crippen molar-refractivity contribution >= 4 is 25.3 Å². The van der Waals surface area contributed by atoms with E-state index in [1.54, 1.807) is 0 Å². The quantitative estimate of drug-likeness (QED) is 0.607. The van der Waals surface area contributed by atoms with Gasteiger partial charge in [-0.15, -0.1) is 0 Å². The van der Waals surface area contributed by atoms with Gasteiger partial charge in [0.05, 0.1) is 8.07 Å². The molecule has 0 bridgehead atoms. The van der Waals surface area contributed by atoms with Gasteiger partial charge in [0.25, 0.3) is 0 Å². The van der Waals surface area contributed by atoms with Gasteiger partial charge in [-0.2, -0.15) is 0 Å². The van der Waals surface area contributed by atoms with Crippen molar-refractivity contribution < 1.29 is 14.3 Å². The number of benzene rings is 1. The highest BCUT2D eigenvalue weighted by atomic mass is 28.3. The first-order valence-electron chi connectivity index (χ1n) is 12.1. The summed E-state index contributed by atoms with van der Waals surface area (Å²) in [5.74, 6) is -0.562. The molecule has 0 saturated carbocycles. The molecule has 2 N–H and O–H groups in total. The molecule has 2 amide bonds. The zero-order valence-corrected chi connectivity index (χ0v) is 22.6. The summed E-state index contributed by atoms with van der Waals surface area (Å²) in [6.45, 7) is 19.2. The third-order valence-corrected chi connectivity index (χ3v) is 15.3. The molecular formula is C26H44N2O3Si. The van der Waals surface area contributed by atoms with Gasteiger partial charge in [-0.25, -0.2) is 9.69 Å². The normalized spacial score (nSPS) is 25.6. The van der Waals surface area contributed by atoms with Crippen LogP contribution in [0.15, 0.2) is 30.3 Å². The Kier molecular flexibility index (Phi) is 8.04. The Labute approximate surface area is 196 Å². The first kappa shape index (κ1) is 26.6. The molecular weight excluding hydrogens is 416 g/mol. The number of nitrogens with two attached hydrogens (primary N) is 1. The van der Waals surface area contributed by atoms with E-state index in [0.717, 1.165) is 6.42 Å². The van der Waals surface area contributed by atoms with Crippen LogP contribution in [-0.4, -0.2) is 43.2 Å². The summed E-state index contributed by atoms with van der Waals surface area (Å²) < 4.78 is 5.60. The van der Waals surface area contributed by atoms with Crippen LogP contribution in [0.2, 0.25) is 16.1 Å². The van der Waals surface area contributed by atoms with Gasteiger partial charge in [-0.1, -0.05) is 77.1 Å². The summed E-state index contributed by atoms with van der Waals surface area (Å²) in [5, 5.41) is 0.904. The predicted molar refractivity (Wildman–Crippen MR) is 135 cm³/mol. The second-order valence-corrected chi connectivity index (χ2v) is 17.0. The molecule has 2 rings (SSSR count). The molecule has 32 heavy (non-hydrogen) atoms. The lowest BCUT2D eigenvalue weighted by atomic mass is 9.83. The third kappa shape index (κ3) is 4.53. The number of hydrogen-bond donors (Lipinski definition) is 1. The molecule has 0 unspecified atom stereocenters. The molecule has 1 aliphatic rings. The highest BCUT2D eigenvalue weighted by Gasteiger charge is 2.62. The number of rotatable bonds is 4. The summed E-state index contributed by atoms with van der Waals surface area (Å²) in [5.41, 5.74) is 7.09. The van der Waals surface area contributed by atoms with E-state index in [0.29, 0.717) is 24.0 Å². The fraction of sp³-hybridized carbons (Fsp3) is 0.692. The Bertz CT molecular complexity index is 795. The number of carbonyl (C=O) groups excluding carboxylic acids is 2. The molecule has 0 aliphatic carbocycles. The van der Waals surface area contributed by atoms with Crippen molar-refractivity contribution in [3.63, 3.8) is 0 Å². The number of imide groups is 1. The van der Waals surface area contributed by atoms with Crippen LogP contribution >= 0.6 is 0 Å². The number of nitrogens with zero attached hydrogens (tertiary/aromatic N) is 1. The maximum atomic E-state index is 13.9. The van der Waals surface area contributed by atoms with Crippen LogP contribution in [0, 0.1) is 5.92 Å². The first-order chi connectivity index (χ1) is 14.7. The van der Waals surface area contributed by atoms with E-state index in [1.165, 1.54) is 10.1 Å². The Hall–Kier alpha value is -1.66. The molecule has 180 valence electrons. The van der Waals surface area contributed by atoms with E-state index in [9.17, 15) is 9.59 Å². The molecule has 6 heteroatoms. The van der Waals surface area contributed by atoms with E-state index < -0.39 is 30.7 Å². The number of hydrogen-bond acceptors (Lipinski definition) is 4. The predicted octanol–water partition coefficient (Wildman–Crippen LogP) is 5.44. The van der Waals surface area contributed by atoms with Crippen molar-refractivity contribution in [2.24, 2.45) is 11.7 Å². The molecule has 1 aliphatic heterocycles. The van der Waals surface area contributed by atoms with Gasteiger partial charge in [0, 0.05) is 18.5 Å². The molecule has 0 spiro atoms. The highest BCUT2D eigenvalue weighted by Crippen LogP contribution is 2.58. The molecule has 1 saturated heterocycles. The molecule has 1 fully saturated rings. The van der Waals surface area contributed by atoms with Gasteiger partial charge >= 0.3 is 6.09 Å². The second-order valence-electron chi connectivity index (χ2n) is 11.3. The summed E-state index contributed by atoms with van der Waals surface area (Å²) in [6.07, 6.45) is 0.909. The van der Waals surface area contributed by atoms with Crippen molar-refractivity contribution in [1.29, 1.82) is 0 Å². The van der Waals surface area contributed by atoms with Crippen LogP contribution in [0.3, 0.4) is 0 Å². The van der Waals surface area contributed by atoms with Gasteiger partial charge < -0.3 is 10.5 Å². The van der Waals surface area contributed by atoms with Crippen molar-refractivity contribution in [2.75, 3.05) is 6.54 Å². The second kappa shape index (κ2) is 9.68. The van der Waals surface area contributed by atoms with Crippen LogP contribution in [0.5, 0.6) is 0 Å². The topological polar surface area (TPSA) is 72.6 Å². The zero-order chi connectivity index (χ0) is 24.5. The largest absolute Gasteiger partial charge is 0.443 e. The fourth-order valence-corrected chi connectivity index (χ4v) is 14.6. The van der Waals surface area contributed by atoms with Gasteiger partial charge in [0.15, 0.2) is 0 Å². The van der Waals surface area contributed by atoms with Crippen LogP contribution in [0.1, 0.15) is 75.2 Å². The van der Waals surface area contributed by atoms with E-state index in [2.05, 4.69) is 58.9 Å². The van der Waals surface area contributed by atoms with E-state index in [-0.39, 0.29) is 11.9 Å². The van der Waals surface area contributed by atoms with Crippen LogP contribution in [0.4, 0.5) is 4.79 Å². The molecule has 5 nitrogen and oxygen atoms in total. The van der Waals surface area contributed by atoms with E-state index >= 15 is 0 Å². The minimum absolute atomic E-state index is 0.126. The SMILES string of the molecule is CC(C)[Si](c1ccccc1)(C(C)C)[C@@]1(C)[C@@H](N)CCCN(C(=O)OC(C)(C)C)C(=O)[C@@H]1C. The standard InChI is InChI=1S/C26H44N2O3Si/c1-18(2)32(19(3)4,21-14-11-10-12-15-21)26(9)20(5)23(29)28(17-13-16-22(26)27)24(30)31-25(6,7)8/h10-12,14-15,18-20,22H,13,16-17,27H2,1-9H3/t20-,22-,26+/m0/s1. The number of carbonyl (C=O) groups is 2. The Balaban J connectivity index is 2.69. The highest BCUT2D eigenvalue weighted by molar-refractivity contribution is 6.96. The smallest absolute Gasteiger partial charge is 0.417 e. The van der Waals surface area contributed by atoms with E-state index in [1.807, 2.05) is 33.8 Å². The third-order valence-electron chi connectivity index (χ3n) is 7.78. The van der Waals surface area contributed by atoms with Crippen molar-refractivity contribution in [3.8, 4) is 0 Å². The molecule has 0 radical (unpaired) electrons. The van der Waals surface area contributed by atoms with E-state index in [4.69, 9.17) is 10.5 Å². The molecule has 1 aromatic carbocycles. The average Bonchev–Trinajstić information content (AvgIpc) is 2.68. The maximum absolute atomic E-state index is 13.9. The molecule has 3 atom stereocenters. The van der Waals surface area contributed by atoms with Crippen LogP contribution in [0.25, 0.3) is 0 Å². The fourth-order valence-electron chi connectivity index (χ4n) is 6.46. The Morgan fingerprint density at radius 2 is 1.69 bits per heavy atom. The van der Waals surface area contributed by atoms with Crippen molar-refractivity contribution in [1.82, 2.24) is 4.90 Å². The van der Waals surface area contributed by atoms with Crippen molar-refractivity contribution in [3.05, 3.63) is 30.3 Å². The van der Waals surface area contributed by atoms with Gasteiger partial charge in [-0.3, -0.25) is 4.79 Å². The maximum Gasteiger partial charge on any atom is 0.417 e. The lowest BCUT2D eigenvalue weighted by Crippen LogP contribution is -2.70. The van der Waals surface area contributed by atoms with Gasteiger partial charge in [0.2, 0.25) is 5.91 Å². The summed E-state index contributed by atoms with van der Waals surface area (Å²) in [7, 11) is -2.41. The minimum atomic E-state index is -2.41. The van der Waals surface area contributed by atoms with Crippen LogP contribution < -0.4 is 10.9 Å². The number of ether oxygens (including phenoxy) is 1. The minimum Gasteiger partial charge on any atom is -0.443 e. The lowest BCUT2D eigenvalue weighted by molar-refractivity contribution is -0.136. The molecule has 1 aromatic rings. The van der Waals surface area contributed by atoms with Crippen LogP contribution in [-0.2, 0) is 9.53 Å². The number of likely N-dealkylation sites (tertiary alicyclic amines) is 1. The average molecular weight is 461 g/mol. The first-order valence-corrected chi connectivity index (χ1v) is 14.2. The van der Waals surface area contributed by atoms with Crippen molar-refractivity contribution in [2.45, 2.75) is 103 Å². The molecule has 0 aromatic heterocycles. The summed E-state index contributed by atoms with van der Waals surface area (Å²) >= 11 is 0. The Morgan fingerprint density at radius 3 is 2.16 bits per heavy atom. The lowest BCUT2D eigenvalue weighted by Gasteiger charge is -2.59. The summed E-state index contributed by atoms with van der Waals surface area (Å²) in [6, 6.07) is 10.6. The number of amides is 2. The van der Waals surface area contributed by atoms with Gasteiger partial charge in [0.1, 0.15) is 5.60 Å². The Morgan fingerprint density at radius 1 is 1.16 bits per heavy atom. The van der Waals surface area contributed by atoms with Gasteiger partial charge in [-0.05, 0) is 49.7 Å².